The van der Waals surface area contributed by atoms with E-state index in [9.17, 15) is 13.6 Å². The molecular formula is C12H10F2N2O. The van der Waals surface area contributed by atoms with Gasteiger partial charge >= 0.3 is 0 Å². The van der Waals surface area contributed by atoms with Gasteiger partial charge in [-0.1, -0.05) is 0 Å². The van der Waals surface area contributed by atoms with Crippen LogP contribution in [0.1, 0.15) is 23.3 Å². The van der Waals surface area contributed by atoms with Gasteiger partial charge in [0, 0.05) is 18.5 Å². The lowest BCUT2D eigenvalue weighted by Crippen LogP contribution is -2.16. The van der Waals surface area contributed by atoms with Gasteiger partial charge in [0.1, 0.15) is 11.6 Å². The monoisotopic (exact) mass is 236 g/mol. The number of halogens is 2. The summed E-state index contributed by atoms with van der Waals surface area (Å²) in [5, 5.41) is 0. The van der Waals surface area contributed by atoms with Crippen molar-refractivity contribution in [1.82, 2.24) is 9.55 Å². The normalized spacial score (nSPS) is 12.4. The quantitative estimate of drug-likeness (QED) is 0.768. The molecule has 1 atom stereocenters. The largest absolute Gasteiger partial charge is 0.327 e. The Morgan fingerprint density at radius 1 is 1.41 bits per heavy atom. The summed E-state index contributed by atoms with van der Waals surface area (Å²) in [5.74, 6) is -1.96. The van der Waals surface area contributed by atoms with Gasteiger partial charge in [0.15, 0.2) is 5.78 Å². The van der Waals surface area contributed by atoms with E-state index < -0.39 is 23.5 Å². The molecule has 88 valence electrons. The van der Waals surface area contributed by atoms with Crippen LogP contribution in [-0.4, -0.2) is 15.3 Å². The van der Waals surface area contributed by atoms with E-state index in [1.54, 1.807) is 17.7 Å². The zero-order valence-corrected chi connectivity index (χ0v) is 9.10. The summed E-state index contributed by atoms with van der Waals surface area (Å²) in [6, 6.07) is 2.35. The van der Waals surface area contributed by atoms with Gasteiger partial charge in [-0.3, -0.25) is 4.79 Å². The number of ketones is 1. The average Bonchev–Trinajstić information content (AvgIpc) is 2.80. The first-order chi connectivity index (χ1) is 8.09. The summed E-state index contributed by atoms with van der Waals surface area (Å²) >= 11 is 0. The highest BCUT2D eigenvalue weighted by Crippen LogP contribution is 2.17. The van der Waals surface area contributed by atoms with Crippen LogP contribution in [0.3, 0.4) is 0 Å². The third kappa shape index (κ3) is 2.22. The molecule has 0 bridgehead atoms. The van der Waals surface area contributed by atoms with Crippen molar-refractivity contribution in [2.24, 2.45) is 0 Å². The number of carbonyl (C=O) groups excluding carboxylic acids is 1. The van der Waals surface area contributed by atoms with Crippen molar-refractivity contribution >= 4 is 5.78 Å². The summed E-state index contributed by atoms with van der Waals surface area (Å²) in [6.45, 7) is 1.63. The Morgan fingerprint density at radius 3 is 2.76 bits per heavy atom. The Hall–Kier alpha value is -2.04. The Bertz CT molecular complexity index is 537. The molecular weight excluding hydrogens is 226 g/mol. The summed E-state index contributed by atoms with van der Waals surface area (Å²) < 4.78 is 27.7. The molecule has 0 aliphatic rings. The number of benzene rings is 1. The predicted octanol–water partition coefficient (Wildman–Crippen LogP) is 2.61. The molecule has 1 aromatic heterocycles. The molecule has 0 fully saturated rings. The second kappa shape index (κ2) is 4.45. The molecule has 2 rings (SSSR count). The first-order valence-electron chi connectivity index (χ1n) is 5.06. The Kier molecular flexibility index (Phi) is 2.99. The summed E-state index contributed by atoms with van der Waals surface area (Å²) in [7, 11) is 0. The number of imidazole rings is 1. The minimum absolute atomic E-state index is 0.118. The zero-order chi connectivity index (χ0) is 12.4. The van der Waals surface area contributed by atoms with Crippen LogP contribution in [-0.2, 0) is 0 Å². The van der Waals surface area contributed by atoms with Gasteiger partial charge in [-0.2, -0.15) is 0 Å². The highest BCUT2D eigenvalue weighted by Gasteiger charge is 2.20. The van der Waals surface area contributed by atoms with Crippen LogP contribution in [0, 0.1) is 11.6 Å². The average molecular weight is 236 g/mol. The Morgan fingerprint density at radius 2 is 2.18 bits per heavy atom. The number of rotatable bonds is 3. The lowest BCUT2D eigenvalue weighted by molar-refractivity contribution is 0.0930. The molecule has 1 heterocycles. The number of hydrogen-bond donors (Lipinski definition) is 0. The lowest BCUT2D eigenvalue weighted by Gasteiger charge is -2.12. The molecule has 0 aliphatic heterocycles. The van der Waals surface area contributed by atoms with Gasteiger partial charge in [-0.15, -0.1) is 0 Å². The minimum atomic E-state index is -0.845. The fourth-order valence-electron chi connectivity index (χ4n) is 1.55. The van der Waals surface area contributed by atoms with Gasteiger partial charge < -0.3 is 4.57 Å². The van der Waals surface area contributed by atoms with Crippen molar-refractivity contribution in [3.63, 3.8) is 0 Å². The van der Waals surface area contributed by atoms with Crippen LogP contribution >= 0.6 is 0 Å². The van der Waals surface area contributed by atoms with Crippen LogP contribution in [0.25, 0.3) is 0 Å². The third-order valence-electron chi connectivity index (χ3n) is 2.55. The maximum absolute atomic E-state index is 13.4. The van der Waals surface area contributed by atoms with E-state index in [1.165, 1.54) is 12.5 Å². The van der Waals surface area contributed by atoms with Gasteiger partial charge in [-0.25, -0.2) is 13.8 Å². The number of nitrogens with zero attached hydrogens (tertiary/aromatic N) is 2. The van der Waals surface area contributed by atoms with Crippen LogP contribution in [0.5, 0.6) is 0 Å². The standard InChI is InChI=1S/C12H10F2N2O/c1-8(16-5-4-15-7-16)12(17)10-3-2-9(13)6-11(10)14/h2-8H,1H3. The van der Waals surface area contributed by atoms with Crippen LogP contribution in [0.15, 0.2) is 36.9 Å². The highest BCUT2D eigenvalue weighted by atomic mass is 19.1. The van der Waals surface area contributed by atoms with Crippen molar-refractivity contribution in [1.29, 1.82) is 0 Å². The van der Waals surface area contributed by atoms with Gasteiger partial charge in [0.05, 0.1) is 17.9 Å². The molecule has 0 N–H and O–H groups in total. The van der Waals surface area contributed by atoms with Gasteiger partial charge in [0.25, 0.3) is 0 Å². The van der Waals surface area contributed by atoms with E-state index >= 15 is 0 Å². The number of hydrogen-bond acceptors (Lipinski definition) is 2. The third-order valence-corrected chi connectivity index (χ3v) is 2.55. The molecule has 0 radical (unpaired) electrons. The Labute approximate surface area is 96.7 Å². The van der Waals surface area contributed by atoms with Crippen LogP contribution in [0.4, 0.5) is 8.78 Å². The van der Waals surface area contributed by atoms with Crippen molar-refractivity contribution in [3.8, 4) is 0 Å². The minimum Gasteiger partial charge on any atom is -0.327 e. The molecule has 0 spiro atoms. The molecule has 0 saturated carbocycles. The molecule has 5 heteroatoms. The first kappa shape index (κ1) is 11.4. The number of aromatic nitrogens is 2. The van der Waals surface area contributed by atoms with Crippen molar-refractivity contribution in [3.05, 3.63) is 54.1 Å². The maximum Gasteiger partial charge on any atom is 0.188 e. The predicted molar refractivity (Wildman–Crippen MR) is 57.6 cm³/mol. The SMILES string of the molecule is CC(C(=O)c1ccc(F)cc1F)n1ccnc1. The van der Waals surface area contributed by atoms with E-state index in [4.69, 9.17) is 0 Å². The van der Waals surface area contributed by atoms with E-state index in [2.05, 4.69) is 4.98 Å². The maximum atomic E-state index is 13.4. The lowest BCUT2D eigenvalue weighted by atomic mass is 10.0. The zero-order valence-electron chi connectivity index (χ0n) is 9.10. The molecule has 0 aliphatic carbocycles. The second-order valence-corrected chi connectivity index (χ2v) is 3.67. The first-order valence-corrected chi connectivity index (χ1v) is 5.06. The van der Waals surface area contributed by atoms with Crippen molar-refractivity contribution < 1.29 is 13.6 Å². The van der Waals surface area contributed by atoms with E-state index in [-0.39, 0.29) is 5.56 Å². The summed E-state index contributed by atoms with van der Waals surface area (Å²) in [5.41, 5.74) is -0.118. The van der Waals surface area contributed by atoms with Gasteiger partial charge in [0.2, 0.25) is 0 Å². The summed E-state index contributed by atoms with van der Waals surface area (Å²) in [6.07, 6.45) is 4.62. The molecule has 17 heavy (non-hydrogen) atoms. The van der Waals surface area contributed by atoms with Crippen molar-refractivity contribution in [2.75, 3.05) is 0 Å². The Balaban J connectivity index is 2.31. The highest BCUT2D eigenvalue weighted by molar-refractivity contribution is 5.99. The second-order valence-electron chi connectivity index (χ2n) is 3.67. The molecule has 1 aromatic carbocycles. The fourth-order valence-corrected chi connectivity index (χ4v) is 1.55. The van der Waals surface area contributed by atoms with Gasteiger partial charge in [-0.05, 0) is 19.1 Å². The van der Waals surface area contributed by atoms with Crippen LogP contribution in [0.2, 0.25) is 0 Å². The van der Waals surface area contributed by atoms with E-state index in [1.807, 2.05) is 0 Å². The number of carbonyl (C=O) groups is 1. The molecule has 1 unspecified atom stereocenters. The fraction of sp³-hybridized carbons (Fsp3) is 0.167. The smallest absolute Gasteiger partial charge is 0.188 e. The summed E-state index contributed by atoms with van der Waals surface area (Å²) in [4.78, 5) is 15.8. The van der Waals surface area contributed by atoms with Crippen LogP contribution < -0.4 is 0 Å². The van der Waals surface area contributed by atoms with Crippen molar-refractivity contribution in [2.45, 2.75) is 13.0 Å². The molecule has 0 saturated heterocycles. The molecule has 2 aromatic rings. The molecule has 3 nitrogen and oxygen atoms in total. The number of Topliss-reactive ketones (excluding diaryl/α,β-unsaturated/α-hetero) is 1. The van der Waals surface area contributed by atoms with E-state index in [0.29, 0.717) is 6.07 Å². The van der Waals surface area contributed by atoms with E-state index in [0.717, 1.165) is 12.1 Å². The molecule has 0 amide bonds. The topological polar surface area (TPSA) is 34.9 Å².